The summed E-state index contributed by atoms with van der Waals surface area (Å²) in [6.45, 7) is 2.96. The lowest BCUT2D eigenvalue weighted by Crippen LogP contribution is -2.23. The first-order valence-electron chi connectivity index (χ1n) is 2.09. The van der Waals surface area contributed by atoms with Gasteiger partial charge >= 0.3 is 0 Å². The molecule has 0 aromatic heterocycles. The van der Waals surface area contributed by atoms with Crippen molar-refractivity contribution in [2.75, 3.05) is 0 Å². The van der Waals surface area contributed by atoms with Crippen LogP contribution in [0.15, 0.2) is 5.11 Å². The maximum absolute atomic E-state index is 10.2. The third-order valence-corrected chi connectivity index (χ3v) is 1.22. The van der Waals surface area contributed by atoms with Crippen molar-refractivity contribution < 1.29 is 4.79 Å². The Kier molecular flexibility index (Phi) is 2.10. The highest BCUT2D eigenvalue weighted by atomic mass is 35.5. The van der Waals surface area contributed by atoms with Crippen molar-refractivity contribution in [2.24, 2.45) is 5.11 Å². The minimum Gasteiger partial charge on any atom is -0.278 e. The van der Waals surface area contributed by atoms with Gasteiger partial charge < -0.3 is 0 Å². The van der Waals surface area contributed by atoms with Crippen molar-refractivity contribution in [1.29, 1.82) is 5.53 Å². The minimum atomic E-state index is -1.04. The van der Waals surface area contributed by atoms with Gasteiger partial charge in [0.15, 0.2) is 0 Å². The van der Waals surface area contributed by atoms with Crippen LogP contribution in [0.1, 0.15) is 13.8 Å². The normalized spacial score (nSPS) is 10.9. The largest absolute Gasteiger partial charge is 0.278 e. The number of hydrogen-bond donors (Lipinski definition) is 1. The number of halogens is 1. The van der Waals surface area contributed by atoms with Crippen molar-refractivity contribution in [3.63, 3.8) is 0 Å². The molecule has 0 rings (SSSR count). The smallest absolute Gasteiger partial charge is 0.250 e. The molecule has 0 aliphatic heterocycles. The van der Waals surface area contributed by atoms with E-state index >= 15 is 0 Å². The lowest BCUT2D eigenvalue weighted by atomic mass is 10.1. The molecule has 0 aromatic rings. The molecule has 1 N–H and O–H groups in total. The van der Waals surface area contributed by atoms with Gasteiger partial charge in [0, 0.05) is 0 Å². The number of carbonyl (C=O) groups is 1. The molecule has 0 radical (unpaired) electrons. The van der Waals surface area contributed by atoms with Gasteiger partial charge in [-0.1, -0.05) is 0 Å². The van der Waals surface area contributed by atoms with E-state index in [-0.39, 0.29) is 0 Å². The summed E-state index contributed by atoms with van der Waals surface area (Å²) in [5.41, 5.74) is 5.42. The standard InChI is InChI=1S/C4H7ClN2O/c1-4(2,7-6)3(5)8/h6H,1-2H3. The molecule has 8 heavy (non-hydrogen) atoms. The maximum atomic E-state index is 10.2. The summed E-state index contributed by atoms with van der Waals surface area (Å²) in [5, 5.41) is 2.38. The van der Waals surface area contributed by atoms with Gasteiger partial charge in [0.1, 0.15) is 5.54 Å². The second-order valence-corrected chi connectivity index (χ2v) is 2.29. The van der Waals surface area contributed by atoms with Gasteiger partial charge in [-0.25, -0.2) is 5.53 Å². The van der Waals surface area contributed by atoms with Gasteiger partial charge in [0.05, 0.1) is 0 Å². The molecule has 3 nitrogen and oxygen atoms in total. The molecule has 0 unspecified atom stereocenters. The zero-order valence-electron chi connectivity index (χ0n) is 4.73. The fraction of sp³-hybridized carbons (Fsp3) is 0.750. The molecule has 0 saturated heterocycles. The molecule has 0 aromatic carbocycles. The lowest BCUT2D eigenvalue weighted by molar-refractivity contribution is -0.115. The van der Waals surface area contributed by atoms with Crippen molar-refractivity contribution in [3.8, 4) is 0 Å². The Bertz CT molecular complexity index is 121. The fourth-order valence-electron chi connectivity index (χ4n) is 0.0440. The predicted molar refractivity (Wildman–Crippen MR) is 30.1 cm³/mol. The van der Waals surface area contributed by atoms with Crippen LogP contribution in [0.3, 0.4) is 0 Å². The summed E-state index contributed by atoms with van der Waals surface area (Å²) in [6, 6.07) is 0. The molecule has 0 atom stereocenters. The molecular weight excluding hydrogens is 128 g/mol. The van der Waals surface area contributed by atoms with E-state index in [1.165, 1.54) is 13.8 Å². The van der Waals surface area contributed by atoms with Crippen LogP contribution in [0.4, 0.5) is 0 Å². The van der Waals surface area contributed by atoms with Gasteiger partial charge in [-0.2, -0.15) is 5.11 Å². The Balaban J connectivity index is 4.12. The van der Waals surface area contributed by atoms with Gasteiger partial charge in [0.2, 0.25) is 0 Å². The van der Waals surface area contributed by atoms with Crippen LogP contribution in [-0.4, -0.2) is 10.8 Å². The molecule has 0 spiro atoms. The summed E-state index contributed by atoms with van der Waals surface area (Å²) in [6.07, 6.45) is 0. The average molecular weight is 135 g/mol. The van der Waals surface area contributed by atoms with Crippen molar-refractivity contribution in [2.45, 2.75) is 19.4 Å². The number of nitrogens with zero attached hydrogens (tertiary/aromatic N) is 1. The van der Waals surface area contributed by atoms with E-state index in [0.717, 1.165) is 0 Å². The van der Waals surface area contributed by atoms with Crippen molar-refractivity contribution in [3.05, 3.63) is 0 Å². The van der Waals surface area contributed by atoms with Crippen LogP contribution >= 0.6 is 11.6 Å². The van der Waals surface area contributed by atoms with Crippen molar-refractivity contribution >= 4 is 16.8 Å². The van der Waals surface area contributed by atoms with E-state index in [4.69, 9.17) is 17.1 Å². The van der Waals surface area contributed by atoms with Crippen LogP contribution in [0.5, 0.6) is 0 Å². The summed E-state index contributed by atoms with van der Waals surface area (Å²) in [4.78, 5) is 10.2. The highest BCUT2D eigenvalue weighted by molar-refractivity contribution is 6.65. The molecular formula is C4H7ClN2O. The predicted octanol–water partition coefficient (Wildman–Crippen LogP) is 1.56. The van der Waals surface area contributed by atoms with Crippen molar-refractivity contribution in [1.82, 2.24) is 0 Å². The van der Waals surface area contributed by atoms with Crippen LogP contribution in [-0.2, 0) is 4.79 Å². The van der Waals surface area contributed by atoms with Crippen LogP contribution < -0.4 is 0 Å². The third-order valence-electron chi connectivity index (χ3n) is 0.761. The maximum Gasteiger partial charge on any atom is 0.250 e. The summed E-state index contributed by atoms with van der Waals surface area (Å²) < 4.78 is 0. The zero-order chi connectivity index (χ0) is 6.78. The molecule has 46 valence electrons. The van der Waals surface area contributed by atoms with Gasteiger partial charge in [-0.05, 0) is 25.4 Å². The van der Waals surface area contributed by atoms with E-state index in [1.54, 1.807) is 0 Å². The highest BCUT2D eigenvalue weighted by Gasteiger charge is 2.23. The third kappa shape index (κ3) is 1.58. The Morgan fingerprint density at radius 3 is 2.12 bits per heavy atom. The number of nitrogens with one attached hydrogen (secondary N) is 1. The monoisotopic (exact) mass is 134 g/mol. The van der Waals surface area contributed by atoms with E-state index in [9.17, 15) is 4.79 Å². The van der Waals surface area contributed by atoms with Gasteiger partial charge in [-0.15, -0.1) is 0 Å². The second-order valence-electron chi connectivity index (χ2n) is 1.94. The summed E-state index contributed by atoms with van der Waals surface area (Å²) in [7, 11) is 0. The quantitative estimate of drug-likeness (QED) is 0.452. The van der Waals surface area contributed by atoms with Crippen LogP contribution in [0.2, 0.25) is 0 Å². The molecule has 0 aliphatic carbocycles. The highest BCUT2D eigenvalue weighted by Crippen LogP contribution is 2.11. The van der Waals surface area contributed by atoms with E-state index < -0.39 is 10.8 Å². The molecule has 0 aliphatic rings. The van der Waals surface area contributed by atoms with Crippen LogP contribution in [0.25, 0.3) is 0 Å². The summed E-state index contributed by atoms with van der Waals surface area (Å²) >= 11 is 5.02. The van der Waals surface area contributed by atoms with E-state index in [1.807, 2.05) is 0 Å². The molecule has 0 fully saturated rings. The minimum absolute atomic E-state index is 0.604. The number of carbonyl (C=O) groups excluding carboxylic acids is 1. The number of hydrogen-bond acceptors (Lipinski definition) is 3. The first-order valence-corrected chi connectivity index (χ1v) is 2.47. The van der Waals surface area contributed by atoms with Gasteiger partial charge in [0.25, 0.3) is 5.24 Å². The Morgan fingerprint density at radius 1 is 1.75 bits per heavy atom. The summed E-state index contributed by atoms with van der Waals surface area (Å²) in [5.74, 6) is 0. The average Bonchev–Trinajstić information content (AvgIpc) is 1.67. The van der Waals surface area contributed by atoms with Gasteiger partial charge in [-0.3, -0.25) is 4.79 Å². The zero-order valence-corrected chi connectivity index (χ0v) is 5.49. The molecule has 0 amide bonds. The Hall–Kier alpha value is -0.440. The molecule has 0 saturated carbocycles. The Labute approximate surface area is 52.5 Å². The second kappa shape index (κ2) is 2.22. The fourth-order valence-corrected chi connectivity index (χ4v) is 0.0862. The molecule has 4 heteroatoms. The van der Waals surface area contributed by atoms with E-state index in [0.29, 0.717) is 0 Å². The van der Waals surface area contributed by atoms with E-state index in [2.05, 4.69) is 5.11 Å². The molecule has 0 bridgehead atoms. The van der Waals surface area contributed by atoms with Crippen LogP contribution in [0, 0.1) is 5.53 Å². The SMILES string of the molecule is CC(C)(N=N)C(=O)Cl. The topological polar surface area (TPSA) is 53.3 Å². The first kappa shape index (κ1) is 7.56. The number of rotatable bonds is 2. The molecule has 0 heterocycles. The lowest BCUT2D eigenvalue weighted by Gasteiger charge is -2.08. The first-order chi connectivity index (χ1) is 3.50. The Morgan fingerprint density at radius 2 is 2.12 bits per heavy atom.